The van der Waals surface area contributed by atoms with Crippen LogP contribution in [0.1, 0.15) is 36.5 Å². The Bertz CT molecular complexity index is 422. The van der Waals surface area contributed by atoms with Crippen molar-refractivity contribution in [3.05, 3.63) is 23.8 Å². The Morgan fingerprint density at radius 3 is 2.75 bits per heavy atom. The Hall–Kier alpha value is -1.75. The molecule has 20 heavy (non-hydrogen) atoms. The monoisotopic (exact) mass is 280 g/mol. The maximum atomic E-state index is 11.4. The molecule has 5 heteroatoms. The van der Waals surface area contributed by atoms with Gasteiger partial charge >= 0.3 is 5.97 Å². The topological polar surface area (TPSA) is 73.6 Å². The van der Waals surface area contributed by atoms with Crippen molar-refractivity contribution in [3.63, 3.8) is 0 Å². The van der Waals surface area contributed by atoms with E-state index in [0.717, 1.165) is 44.7 Å². The van der Waals surface area contributed by atoms with Gasteiger partial charge < -0.3 is 20.5 Å². The number of unbranched alkanes of at least 4 members (excludes halogenated alkanes) is 1. The van der Waals surface area contributed by atoms with E-state index in [2.05, 4.69) is 17.0 Å². The highest BCUT2D eigenvalue weighted by Gasteiger charge is 2.07. The molecule has 0 unspecified atom stereocenters. The number of anilines is 2. The molecule has 0 heterocycles. The molecule has 0 aliphatic carbocycles. The number of nitrogens with two attached hydrogens (primary N) is 1. The molecule has 0 atom stereocenters. The van der Waals surface area contributed by atoms with Crippen LogP contribution in [0.25, 0.3) is 0 Å². The molecule has 0 bridgehead atoms. The number of methoxy groups -OCH3 is 1. The average Bonchev–Trinajstić information content (AvgIpc) is 2.47. The number of hydrogen-bond donors (Lipinski definition) is 2. The Morgan fingerprint density at radius 2 is 2.05 bits per heavy atom. The first-order chi connectivity index (χ1) is 9.69. The van der Waals surface area contributed by atoms with E-state index < -0.39 is 0 Å². The lowest BCUT2D eigenvalue weighted by Crippen LogP contribution is -2.09. The van der Waals surface area contributed by atoms with Crippen LogP contribution in [0.4, 0.5) is 11.4 Å². The summed E-state index contributed by atoms with van der Waals surface area (Å²) < 4.78 is 10.2. The molecule has 3 N–H and O–H groups in total. The van der Waals surface area contributed by atoms with Crippen molar-refractivity contribution in [2.75, 3.05) is 37.9 Å². The Balaban J connectivity index is 2.37. The van der Waals surface area contributed by atoms with Crippen LogP contribution in [0, 0.1) is 0 Å². The molecule has 0 saturated heterocycles. The predicted molar refractivity (Wildman–Crippen MR) is 81.0 cm³/mol. The van der Waals surface area contributed by atoms with Gasteiger partial charge in [-0.15, -0.1) is 0 Å². The molecule has 0 aromatic heterocycles. The summed E-state index contributed by atoms with van der Waals surface area (Å²) in [5.41, 5.74) is 7.72. The summed E-state index contributed by atoms with van der Waals surface area (Å²) in [7, 11) is 1.36. The van der Waals surface area contributed by atoms with Gasteiger partial charge in [0.1, 0.15) is 0 Å². The standard InChI is InChI=1S/C15H24N2O3/c1-3-4-9-20-10-5-8-17-14-11-12(15(18)19-2)6-7-13(14)16/h6-7,11,17H,3-5,8-10,16H2,1-2H3. The van der Waals surface area contributed by atoms with E-state index in [1.807, 2.05) is 0 Å². The molecule has 0 saturated carbocycles. The van der Waals surface area contributed by atoms with Gasteiger partial charge in [0.25, 0.3) is 0 Å². The van der Waals surface area contributed by atoms with Crippen molar-refractivity contribution in [3.8, 4) is 0 Å². The smallest absolute Gasteiger partial charge is 0.337 e. The normalized spacial score (nSPS) is 10.3. The second-order valence-corrected chi connectivity index (χ2v) is 4.54. The maximum absolute atomic E-state index is 11.4. The third kappa shape index (κ3) is 5.48. The Morgan fingerprint density at radius 1 is 1.30 bits per heavy atom. The quantitative estimate of drug-likeness (QED) is 0.413. The van der Waals surface area contributed by atoms with Gasteiger partial charge in [0.05, 0.1) is 24.0 Å². The molecule has 1 aromatic rings. The number of carbonyl (C=O) groups is 1. The first kappa shape index (κ1) is 16.3. The number of rotatable bonds is 9. The summed E-state index contributed by atoms with van der Waals surface area (Å²) in [6.07, 6.45) is 3.14. The molecule has 112 valence electrons. The minimum Gasteiger partial charge on any atom is -0.465 e. The van der Waals surface area contributed by atoms with E-state index in [1.165, 1.54) is 7.11 Å². The van der Waals surface area contributed by atoms with Crippen molar-refractivity contribution >= 4 is 17.3 Å². The molecule has 0 aliphatic rings. The van der Waals surface area contributed by atoms with Gasteiger partial charge in [-0.1, -0.05) is 13.3 Å². The SMILES string of the molecule is CCCCOCCCNc1cc(C(=O)OC)ccc1N. The van der Waals surface area contributed by atoms with E-state index in [1.54, 1.807) is 18.2 Å². The highest BCUT2D eigenvalue weighted by molar-refractivity contribution is 5.91. The zero-order chi connectivity index (χ0) is 14.8. The van der Waals surface area contributed by atoms with E-state index in [4.69, 9.17) is 10.5 Å². The van der Waals surface area contributed by atoms with Crippen LogP contribution in [-0.2, 0) is 9.47 Å². The fourth-order valence-electron chi connectivity index (χ4n) is 1.70. The molecular formula is C15H24N2O3. The zero-order valence-corrected chi connectivity index (χ0v) is 12.3. The van der Waals surface area contributed by atoms with Gasteiger partial charge in [0.2, 0.25) is 0 Å². The molecule has 0 fully saturated rings. The van der Waals surface area contributed by atoms with Gasteiger partial charge in [0.15, 0.2) is 0 Å². The molecule has 0 aliphatic heterocycles. The maximum Gasteiger partial charge on any atom is 0.337 e. The van der Waals surface area contributed by atoms with Gasteiger partial charge in [-0.3, -0.25) is 0 Å². The summed E-state index contributed by atoms with van der Waals surface area (Å²) in [6.45, 7) is 4.43. The van der Waals surface area contributed by atoms with Crippen LogP contribution in [-0.4, -0.2) is 32.8 Å². The number of nitrogens with one attached hydrogen (secondary N) is 1. The molecule has 0 spiro atoms. The van der Waals surface area contributed by atoms with E-state index >= 15 is 0 Å². The van der Waals surface area contributed by atoms with E-state index in [9.17, 15) is 4.79 Å². The zero-order valence-electron chi connectivity index (χ0n) is 12.3. The number of ether oxygens (including phenoxy) is 2. The van der Waals surface area contributed by atoms with Gasteiger partial charge in [0, 0.05) is 19.8 Å². The third-order valence-electron chi connectivity index (χ3n) is 2.90. The lowest BCUT2D eigenvalue weighted by molar-refractivity contribution is 0.0601. The minimum absolute atomic E-state index is 0.365. The first-order valence-corrected chi connectivity index (χ1v) is 6.98. The number of nitrogen functional groups attached to an aromatic ring is 1. The predicted octanol–water partition coefficient (Wildman–Crippen LogP) is 2.67. The number of esters is 1. The summed E-state index contributed by atoms with van der Waals surface area (Å²) in [6, 6.07) is 5.06. The third-order valence-corrected chi connectivity index (χ3v) is 2.90. The van der Waals surface area contributed by atoms with Gasteiger partial charge in [-0.25, -0.2) is 4.79 Å². The van der Waals surface area contributed by atoms with Crippen molar-refractivity contribution in [2.45, 2.75) is 26.2 Å². The highest BCUT2D eigenvalue weighted by Crippen LogP contribution is 2.20. The van der Waals surface area contributed by atoms with E-state index in [0.29, 0.717) is 11.3 Å². The molecule has 1 aromatic carbocycles. The average molecular weight is 280 g/mol. The van der Waals surface area contributed by atoms with Crippen LogP contribution in [0.3, 0.4) is 0 Å². The van der Waals surface area contributed by atoms with Crippen molar-refractivity contribution in [2.24, 2.45) is 0 Å². The largest absolute Gasteiger partial charge is 0.465 e. The summed E-state index contributed by atoms with van der Waals surface area (Å²) in [5, 5.41) is 3.21. The Labute approximate surface area is 120 Å². The molecule has 1 rings (SSSR count). The molecule has 0 radical (unpaired) electrons. The Kier molecular flexibility index (Phi) is 7.50. The summed E-state index contributed by atoms with van der Waals surface area (Å²) in [5.74, 6) is -0.365. The molecule has 5 nitrogen and oxygen atoms in total. The van der Waals surface area contributed by atoms with E-state index in [-0.39, 0.29) is 5.97 Å². The van der Waals surface area contributed by atoms with Gasteiger partial charge in [-0.05, 0) is 31.0 Å². The van der Waals surface area contributed by atoms with Crippen LogP contribution >= 0.6 is 0 Å². The lowest BCUT2D eigenvalue weighted by atomic mass is 10.1. The summed E-state index contributed by atoms with van der Waals surface area (Å²) >= 11 is 0. The van der Waals surface area contributed by atoms with Crippen molar-refractivity contribution in [1.29, 1.82) is 0 Å². The van der Waals surface area contributed by atoms with Crippen LogP contribution < -0.4 is 11.1 Å². The molecule has 0 amide bonds. The number of hydrogen-bond acceptors (Lipinski definition) is 5. The lowest BCUT2D eigenvalue weighted by Gasteiger charge is -2.11. The number of benzene rings is 1. The van der Waals surface area contributed by atoms with Crippen LogP contribution in [0.15, 0.2) is 18.2 Å². The second kappa shape index (κ2) is 9.20. The fraction of sp³-hybridized carbons (Fsp3) is 0.533. The van der Waals surface area contributed by atoms with Crippen LogP contribution in [0.2, 0.25) is 0 Å². The molecular weight excluding hydrogens is 256 g/mol. The summed E-state index contributed by atoms with van der Waals surface area (Å²) in [4.78, 5) is 11.4. The first-order valence-electron chi connectivity index (χ1n) is 6.98. The van der Waals surface area contributed by atoms with Gasteiger partial charge in [-0.2, -0.15) is 0 Å². The highest BCUT2D eigenvalue weighted by atomic mass is 16.5. The van der Waals surface area contributed by atoms with Crippen LogP contribution in [0.5, 0.6) is 0 Å². The fourth-order valence-corrected chi connectivity index (χ4v) is 1.70. The second-order valence-electron chi connectivity index (χ2n) is 4.54. The minimum atomic E-state index is -0.365. The number of carbonyl (C=O) groups excluding carboxylic acids is 1. The van der Waals surface area contributed by atoms with Crippen molar-refractivity contribution < 1.29 is 14.3 Å². The van der Waals surface area contributed by atoms with Crippen molar-refractivity contribution in [1.82, 2.24) is 0 Å².